The summed E-state index contributed by atoms with van der Waals surface area (Å²) >= 11 is 5.58. The van der Waals surface area contributed by atoms with E-state index in [9.17, 15) is 18.5 Å². The van der Waals surface area contributed by atoms with Gasteiger partial charge in [0, 0.05) is 26.1 Å². The van der Waals surface area contributed by atoms with Crippen LogP contribution in [0.4, 0.5) is 0 Å². The summed E-state index contributed by atoms with van der Waals surface area (Å²) in [6, 6.07) is 14.3. The second-order valence-corrected chi connectivity index (χ2v) is 11.4. The quantitative estimate of drug-likeness (QED) is 0.282. The first-order valence-corrected chi connectivity index (χ1v) is 12.2. The standard InChI is InChI=1S/C20H20BrIN2O4S/c1-14-3-9-17(10-4-14)29(27,28)23-11-18(20(2,12-23)13-24(25)26)19(22)15-5-7-16(21)8-6-15/h3-10H,11-13H2,1-2H3/b19-18+/t20-/m1/s1. The van der Waals surface area contributed by atoms with E-state index in [-0.39, 0.29) is 29.5 Å². The van der Waals surface area contributed by atoms with E-state index < -0.39 is 15.4 Å². The number of aryl methyl sites for hydroxylation is 1. The lowest BCUT2D eigenvalue weighted by Crippen LogP contribution is -2.34. The zero-order valence-electron chi connectivity index (χ0n) is 15.9. The first kappa shape index (κ1) is 22.4. The molecule has 3 rings (SSSR count). The van der Waals surface area contributed by atoms with Gasteiger partial charge in [-0.15, -0.1) is 0 Å². The summed E-state index contributed by atoms with van der Waals surface area (Å²) in [5.41, 5.74) is 1.76. The van der Waals surface area contributed by atoms with Crippen LogP contribution in [0.15, 0.2) is 63.5 Å². The highest BCUT2D eigenvalue weighted by Gasteiger charge is 2.48. The van der Waals surface area contributed by atoms with Crippen LogP contribution in [0.3, 0.4) is 0 Å². The lowest BCUT2D eigenvalue weighted by molar-refractivity contribution is -0.493. The average Bonchev–Trinajstić information content (AvgIpc) is 2.99. The molecule has 0 bridgehead atoms. The summed E-state index contributed by atoms with van der Waals surface area (Å²) in [7, 11) is -3.75. The minimum Gasteiger partial charge on any atom is -0.265 e. The fraction of sp³-hybridized carbons (Fsp3) is 0.300. The Morgan fingerprint density at radius 1 is 1.21 bits per heavy atom. The maximum atomic E-state index is 13.2. The van der Waals surface area contributed by atoms with Gasteiger partial charge < -0.3 is 0 Å². The molecule has 0 aliphatic carbocycles. The van der Waals surface area contributed by atoms with Crippen molar-refractivity contribution < 1.29 is 13.3 Å². The van der Waals surface area contributed by atoms with Crippen LogP contribution < -0.4 is 0 Å². The number of halogens is 2. The molecule has 0 spiro atoms. The average molecular weight is 591 g/mol. The minimum atomic E-state index is -3.75. The molecule has 0 N–H and O–H groups in total. The van der Waals surface area contributed by atoms with Crippen molar-refractivity contribution in [3.63, 3.8) is 0 Å². The van der Waals surface area contributed by atoms with Crippen molar-refractivity contribution in [1.82, 2.24) is 4.31 Å². The van der Waals surface area contributed by atoms with Crippen LogP contribution >= 0.6 is 38.5 Å². The molecule has 2 aromatic rings. The number of rotatable bonds is 5. The molecule has 9 heteroatoms. The minimum absolute atomic E-state index is 0.0720. The number of nitro groups is 1. The smallest absolute Gasteiger partial charge is 0.243 e. The fourth-order valence-electron chi connectivity index (χ4n) is 3.47. The zero-order chi connectivity index (χ0) is 21.4. The molecule has 154 valence electrons. The van der Waals surface area contributed by atoms with Crippen LogP contribution in [0.2, 0.25) is 0 Å². The number of sulfonamides is 1. The summed E-state index contributed by atoms with van der Waals surface area (Å²) in [6.45, 7) is 3.54. The first-order valence-electron chi connectivity index (χ1n) is 8.87. The normalized spacial score (nSPS) is 21.9. The van der Waals surface area contributed by atoms with Crippen molar-refractivity contribution in [3.05, 3.63) is 79.8 Å². The molecule has 0 amide bonds. The second kappa shape index (κ2) is 8.44. The van der Waals surface area contributed by atoms with Gasteiger partial charge >= 0.3 is 0 Å². The Hall–Kier alpha value is -1.30. The van der Waals surface area contributed by atoms with Gasteiger partial charge in [-0.3, -0.25) is 10.1 Å². The zero-order valence-corrected chi connectivity index (χ0v) is 20.5. The largest absolute Gasteiger partial charge is 0.265 e. The molecule has 1 saturated heterocycles. The van der Waals surface area contributed by atoms with E-state index in [1.54, 1.807) is 31.2 Å². The topological polar surface area (TPSA) is 80.5 Å². The highest BCUT2D eigenvalue weighted by molar-refractivity contribution is 14.1. The maximum absolute atomic E-state index is 13.2. The van der Waals surface area contributed by atoms with E-state index in [1.807, 2.05) is 31.2 Å². The molecule has 1 aliphatic rings. The Balaban J connectivity index is 2.06. The van der Waals surface area contributed by atoms with Gasteiger partial charge in [-0.1, -0.05) is 45.8 Å². The fourth-order valence-corrected chi connectivity index (χ4v) is 6.45. The van der Waals surface area contributed by atoms with Crippen LogP contribution in [0.1, 0.15) is 18.1 Å². The van der Waals surface area contributed by atoms with Crippen LogP contribution in [0.25, 0.3) is 3.58 Å². The number of benzene rings is 2. The van der Waals surface area contributed by atoms with Crippen molar-refractivity contribution in [3.8, 4) is 0 Å². The van der Waals surface area contributed by atoms with Crippen molar-refractivity contribution in [2.45, 2.75) is 18.7 Å². The van der Waals surface area contributed by atoms with Gasteiger partial charge in [0.05, 0.1) is 10.3 Å². The number of hydrogen-bond donors (Lipinski definition) is 0. The van der Waals surface area contributed by atoms with Crippen molar-refractivity contribution in [1.29, 1.82) is 0 Å². The SMILES string of the molecule is Cc1ccc(S(=O)(=O)N2C/C(=C(\I)c3ccc(Br)cc3)[C@@](C)(C[N+](=O)[O-])C2)cc1. The Morgan fingerprint density at radius 3 is 2.34 bits per heavy atom. The van der Waals surface area contributed by atoms with Gasteiger partial charge in [0.2, 0.25) is 16.6 Å². The highest BCUT2D eigenvalue weighted by Crippen LogP contribution is 2.44. The molecule has 0 unspecified atom stereocenters. The molecule has 0 aromatic heterocycles. The molecule has 6 nitrogen and oxygen atoms in total. The van der Waals surface area contributed by atoms with E-state index in [2.05, 4.69) is 38.5 Å². The molecule has 29 heavy (non-hydrogen) atoms. The third-order valence-corrected chi connectivity index (χ3v) is 8.70. The Kier molecular flexibility index (Phi) is 6.52. The van der Waals surface area contributed by atoms with E-state index >= 15 is 0 Å². The Morgan fingerprint density at radius 2 is 1.79 bits per heavy atom. The molecule has 2 aromatic carbocycles. The molecule has 0 radical (unpaired) electrons. The van der Waals surface area contributed by atoms with E-state index in [4.69, 9.17) is 0 Å². The Labute approximate surface area is 192 Å². The highest BCUT2D eigenvalue weighted by atomic mass is 127. The molecule has 1 heterocycles. The Bertz CT molecular complexity index is 1070. The van der Waals surface area contributed by atoms with Crippen LogP contribution in [-0.4, -0.2) is 37.3 Å². The van der Waals surface area contributed by atoms with Crippen molar-refractivity contribution in [2.24, 2.45) is 5.41 Å². The third kappa shape index (κ3) is 4.73. The molecular formula is C20H20BrIN2O4S. The summed E-state index contributed by atoms with van der Waals surface area (Å²) < 4.78 is 29.5. The van der Waals surface area contributed by atoms with E-state index in [0.717, 1.165) is 24.8 Å². The number of nitrogens with zero attached hydrogens (tertiary/aromatic N) is 2. The van der Waals surface area contributed by atoms with Crippen LogP contribution in [0, 0.1) is 22.5 Å². The molecule has 1 atom stereocenters. The maximum Gasteiger partial charge on any atom is 0.243 e. The van der Waals surface area contributed by atoms with Gasteiger partial charge in [-0.25, -0.2) is 8.42 Å². The van der Waals surface area contributed by atoms with Crippen molar-refractivity contribution in [2.75, 3.05) is 19.6 Å². The van der Waals surface area contributed by atoms with Gasteiger partial charge in [-0.05, 0) is 71.8 Å². The third-order valence-electron chi connectivity index (χ3n) is 5.09. The lowest BCUT2D eigenvalue weighted by atomic mass is 9.84. The predicted octanol–water partition coefficient (Wildman–Crippen LogP) is 4.89. The monoisotopic (exact) mass is 590 g/mol. The van der Waals surface area contributed by atoms with Crippen molar-refractivity contribution >= 4 is 52.1 Å². The first-order chi connectivity index (χ1) is 13.5. The predicted molar refractivity (Wildman–Crippen MR) is 125 cm³/mol. The summed E-state index contributed by atoms with van der Waals surface area (Å²) in [5, 5.41) is 11.4. The van der Waals surface area contributed by atoms with Gasteiger partial charge in [0.25, 0.3) is 0 Å². The van der Waals surface area contributed by atoms with Gasteiger partial charge in [0.1, 0.15) is 0 Å². The lowest BCUT2D eigenvalue weighted by Gasteiger charge is -2.22. The van der Waals surface area contributed by atoms with E-state index in [1.165, 1.54) is 4.31 Å². The summed E-state index contributed by atoms with van der Waals surface area (Å²) in [5.74, 6) is 0. The van der Waals surface area contributed by atoms with Gasteiger partial charge in [-0.2, -0.15) is 4.31 Å². The van der Waals surface area contributed by atoms with Crippen LogP contribution in [0.5, 0.6) is 0 Å². The van der Waals surface area contributed by atoms with E-state index in [0.29, 0.717) is 0 Å². The molecular weight excluding hydrogens is 571 g/mol. The summed E-state index contributed by atoms with van der Waals surface area (Å²) in [6.07, 6.45) is 0. The number of hydrogen-bond acceptors (Lipinski definition) is 4. The summed E-state index contributed by atoms with van der Waals surface area (Å²) in [4.78, 5) is 11.2. The van der Waals surface area contributed by atoms with Crippen LogP contribution in [-0.2, 0) is 10.0 Å². The molecule has 1 aliphatic heterocycles. The van der Waals surface area contributed by atoms with Gasteiger partial charge in [0.15, 0.2) is 0 Å². The molecule has 1 fully saturated rings. The molecule has 0 saturated carbocycles. The second-order valence-electron chi connectivity index (χ2n) is 7.44.